The molecule has 6 nitrogen and oxygen atoms in total. The lowest BCUT2D eigenvalue weighted by Gasteiger charge is -2.10. The van der Waals surface area contributed by atoms with E-state index in [0.29, 0.717) is 17.9 Å². The molecule has 0 heterocycles. The Morgan fingerprint density at radius 1 is 1.04 bits per heavy atom. The number of amides is 2. The van der Waals surface area contributed by atoms with E-state index in [2.05, 4.69) is 5.32 Å². The van der Waals surface area contributed by atoms with Crippen molar-refractivity contribution in [1.29, 1.82) is 0 Å². The van der Waals surface area contributed by atoms with Crippen LogP contribution in [-0.2, 0) is 16.0 Å². The molecule has 0 fully saturated rings. The number of aryl methyl sites for hydroxylation is 1. The molecular weight excluding hydrogens is 341 g/mol. The molecule has 1 rings (SSSR count). The number of benzene rings is 1. The van der Waals surface area contributed by atoms with E-state index in [-0.39, 0.29) is 31.8 Å². The monoisotopic (exact) mass is 362 g/mol. The fourth-order valence-electron chi connectivity index (χ4n) is 2.00. The van der Waals surface area contributed by atoms with Gasteiger partial charge in [0, 0.05) is 19.5 Å². The second kappa shape index (κ2) is 9.75. The fourth-order valence-corrected chi connectivity index (χ4v) is 2.00. The number of carbonyl (C=O) groups excluding carboxylic acids is 2. The SMILES string of the molecule is COc1ccc(CCC(=O)NCCCNC(=O)C(F)(F)F)cc1OC. The van der Waals surface area contributed by atoms with Crippen LogP contribution in [0.4, 0.5) is 13.2 Å². The Morgan fingerprint density at radius 3 is 2.28 bits per heavy atom. The quantitative estimate of drug-likeness (QED) is 0.657. The van der Waals surface area contributed by atoms with Crippen molar-refractivity contribution in [1.82, 2.24) is 10.6 Å². The molecule has 1 aromatic carbocycles. The van der Waals surface area contributed by atoms with Gasteiger partial charge in [0.25, 0.3) is 0 Å². The lowest BCUT2D eigenvalue weighted by Crippen LogP contribution is -2.38. The first-order valence-electron chi connectivity index (χ1n) is 7.60. The molecule has 9 heteroatoms. The van der Waals surface area contributed by atoms with E-state index >= 15 is 0 Å². The molecule has 25 heavy (non-hydrogen) atoms. The molecule has 140 valence electrons. The number of carbonyl (C=O) groups is 2. The van der Waals surface area contributed by atoms with Crippen LogP contribution in [-0.4, -0.2) is 45.3 Å². The van der Waals surface area contributed by atoms with Gasteiger partial charge in [0.2, 0.25) is 5.91 Å². The predicted molar refractivity (Wildman–Crippen MR) is 84.6 cm³/mol. The van der Waals surface area contributed by atoms with Gasteiger partial charge in [-0.1, -0.05) is 6.07 Å². The molecule has 0 aliphatic carbocycles. The minimum Gasteiger partial charge on any atom is -0.493 e. The third kappa shape index (κ3) is 7.32. The molecule has 0 radical (unpaired) electrons. The third-order valence-electron chi connectivity index (χ3n) is 3.31. The van der Waals surface area contributed by atoms with E-state index in [9.17, 15) is 22.8 Å². The first-order valence-corrected chi connectivity index (χ1v) is 7.60. The van der Waals surface area contributed by atoms with Gasteiger partial charge in [-0.2, -0.15) is 13.2 Å². The Balaban J connectivity index is 2.26. The highest BCUT2D eigenvalue weighted by Gasteiger charge is 2.38. The van der Waals surface area contributed by atoms with Crippen LogP contribution in [0.1, 0.15) is 18.4 Å². The second-order valence-electron chi connectivity index (χ2n) is 5.15. The summed E-state index contributed by atoms with van der Waals surface area (Å²) in [5.41, 5.74) is 0.894. The molecule has 0 aliphatic heterocycles. The molecule has 0 unspecified atom stereocenters. The largest absolute Gasteiger partial charge is 0.493 e. The number of rotatable bonds is 9. The molecule has 0 bridgehead atoms. The molecule has 2 N–H and O–H groups in total. The van der Waals surface area contributed by atoms with Crippen molar-refractivity contribution in [2.75, 3.05) is 27.3 Å². The number of hydrogen-bond donors (Lipinski definition) is 2. The summed E-state index contributed by atoms with van der Waals surface area (Å²) >= 11 is 0. The maximum Gasteiger partial charge on any atom is 0.471 e. The molecule has 0 saturated heterocycles. The number of hydrogen-bond acceptors (Lipinski definition) is 4. The summed E-state index contributed by atoms with van der Waals surface area (Å²) in [6.45, 7) is 0.0250. The Hall–Kier alpha value is -2.45. The van der Waals surface area contributed by atoms with Crippen molar-refractivity contribution in [2.24, 2.45) is 0 Å². The standard InChI is InChI=1S/C16H21F3N2O4/c1-24-12-6-4-11(10-13(12)25-2)5-7-14(22)20-8-3-9-21-15(23)16(17,18)19/h4,6,10H,3,5,7-9H2,1-2H3,(H,20,22)(H,21,23). The number of ether oxygens (including phenoxy) is 2. The van der Waals surface area contributed by atoms with Gasteiger partial charge >= 0.3 is 12.1 Å². The Labute approximate surface area is 143 Å². The zero-order valence-electron chi connectivity index (χ0n) is 14.0. The number of methoxy groups -OCH3 is 2. The van der Waals surface area contributed by atoms with E-state index in [1.165, 1.54) is 14.2 Å². The van der Waals surface area contributed by atoms with Gasteiger partial charge in [-0.05, 0) is 30.5 Å². The molecule has 0 spiro atoms. The van der Waals surface area contributed by atoms with Gasteiger partial charge < -0.3 is 20.1 Å². The lowest BCUT2D eigenvalue weighted by atomic mass is 10.1. The summed E-state index contributed by atoms with van der Waals surface area (Å²) in [5, 5.41) is 4.33. The normalized spacial score (nSPS) is 10.9. The van der Waals surface area contributed by atoms with E-state index < -0.39 is 12.1 Å². The van der Waals surface area contributed by atoms with E-state index in [1.54, 1.807) is 17.4 Å². The van der Waals surface area contributed by atoms with Gasteiger partial charge in [-0.3, -0.25) is 9.59 Å². The highest BCUT2D eigenvalue weighted by atomic mass is 19.4. The van der Waals surface area contributed by atoms with Crippen LogP contribution in [0.25, 0.3) is 0 Å². The van der Waals surface area contributed by atoms with E-state index in [0.717, 1.165) is 5.56 Å². The first kappa shape index (κ1) is 20.6. The maximum atomic E-state index is 12.0. The smallest absolute Gasteiger partial charge is 0.471 e. The van der Waals surface area contributed by atoms with Crippen LogP contribution < -0.4 is 20.1 Å². The second-order valence-corrected chi connectivity index (χ2v) is 5.15. The predicted octanol–water partition coefficient (Wildman–Crippen LogP) is 1.82. The van der Waals surface area contributed by atoms with E-state index in [4.69, 9.17) is 9.47 Å². The van der Waals surface area contributed by atoms with Crippen LogP contribution in [0.5, 0.6) is 11.5 Å². The summed E-state index contributed by atoms with van der Waals surface area (Å²) in [5.74, 6) is -1.04. The van der Waals surface area contributed by atoms with Crippen molar-refractivity contribution >= 4 is 11.8 Å². The minimum absolute atomic E-state index is 0.158. The van der Waals surface area contributed by atoms with Crippen molar-refractivity contribution in [3.63, 3.8) is 0 Å². The minimum atomic E-state index is -4.89. The summed E-state index contributed by atoms with van der Waals surface area (Å²) in [4.78, 5) is 22.3. The van der Waals surface area contributed by atoms with Crippen LogP contribution in [0, 0.1) is 0 Å². The molecule has 0 atom stereocenters. The van der Waals surface area contributed by atoms with Gasteiger partial charge in [-0.25, -0.2) is 0 Å². The number of halogens is 3. The van der Waals surface area contributed by atoms with Crippen LogP contribution >= 0.6 is 0 Å². The average molecular weight is 362 g/mol. The molecule has 0 saturated carbocycles. The van der Waals surface area contributed by atoms with Crippen LogP contribution in [0.3, 0.4) is 0 Å². The van der Waals surface area contributed by atoms with Gasteiger partial charge in [0.15, 0.2) is 11.5 Å². The zero-order chi connectivity index (χ0) is 18.9. The highest BCUT2D eigenvalue weighted by Crippen LogP contribution is 2.27. The Bertz CT molecular complexity index is 591. The number of alkyl halides is 3. The summed E-state index contributed by atoms with van der Waals surface area (Å²) in [6, 6.07) is 5.34. The molecule has 0 aromatic heterocycles. The van der Waals surface area contributed by atoms with Crippen LogP contribution in [0.2, 0.25) is 0 Å². The molecule has 2 amide bonds. The van der Waals surface area contributed by atoms with Gasteiger partial charge in [-0.15, -0.1) is 0 Å². The van der Waals surface area contributed by atoms with Crippen molar-refractivity contribution in [3.8, 4) is 11.5 Å². The Kier molecular flexibility index (Phi) is 8.03. The van der Waals surface area contributed by atoms with Gasteiger partial charge in [0.05, 0.1) is 14.2 Å². The van der Waals surface area contributed by atoms with Gasteiger partial charge in [0.1, 0.15) is 0 Å². The van der Waals surface area contributed by atoms with Crippen molar-refractivity contribution in [2.45, 2.75) is 25.4 Å². The lowest BCUT2D eigenvalue weighted by molar-refractivity contribution is -0.173. The third-order valence-corrected chi connectivity index (χ3v) is 3.31. The van der Waals surface area contributed by atoms with Crippen molar-refractivity contribution in [3.05, 3.63) is 23.8 Å². The van der Waals surface area contributed by atoms with Crippen molar-refractivity contribution < 1.29 is 32.2 Å². The first-order chi connectivity index (χ1) is 11.8. The Morgan fingerprint density at radius 2 is 1.68 bits per heavy atom. The molecular formula is C16H21F3N2O4. The van der Waals surface area contributed by atoms with Crippen LogP contribution in [0.15, 0.2) is 18.2 Å². The fraction of sp³-hybridized carbons (Fsp3) is 0.500. The average Bonchev–Trinajstić information content (AvgIpc) is 2.58. The molecule has 1 aromatic rings. The molecule has 0 aliphatic rings. The summed E-state index contributed by atoms with van der Waals surface area (Å²) in [6.07, 6.45) is -3.96. The summed E-state index contributed by atoms with van der Waals surface area (Å²) < 4.78 is 46.2. The number of nitrogens with one attached hydrogen (secondary N) is 2. The highest BCUT2D eigenvalue weighted by molar-refractivity contribution is 5.81. The summed E-state index contributed by atoms with van der Waals surface area (Å²) in [7, 11) is 3.05. The van der Waals surface area contributed by atoms with E-state index in [1.807, 2.05) is 6.07 Å². The topological polar surface area (TPSA) is 76.7 Å². The maximum absolute atomic E-state index is 12.0. The zero-order valence-corrected chi connectivity index (χ0v) is 14.0.